The maximum atomic E-state index is 9.95. The Bertz CT molecular complexity index is 109. The molecule has 0 aromatic heterocycles. The van der Waals surface area contributed by atoms with E-state index in [4.69, 9.17) is 16.7 Å². The van der Waals surface area contributed by atoms with Crippen LogP contribution in [0.15, 0.2) is 0 Å². The van der Waals surface area contributed by atoms with E-state index < -0.39 is 12.2 Å². The van der Waals surface area contributed by atoms with Gasteiger partial charge in [0.25, 0.3) is 0 Å². The summed E-state index contributed by atoms with van der Waals surface area (Å²) in [5.74, 6) is 0.141. The van der Waals surface area contributed by atoms with E-state index in [2.05, 4.69) is 10.5 Å². The second-order valence-corrected chi connectivity index (χ2v) is 2.07. The molecule has 0 aliphatic heterocycles. The number of hydrogen-bond donors (Lipinski definition) is 2. The first kappa shape index (κ1) is 9.52. The third kappa shape index (κ3) is 5.65. The molecule has 1 unspecified atom stereocenters. The number of carbonyl (C=O) groups excluding carboxylic acids is 1. The van der Waals surface area contributed by atoms with Gasteiger partial charge in [-0.05, 0) is 0 Å². The molecule has 3 N–H and O–H groups in total. The lowest BCUT2D eigenvalue weighted by molar-refractivity contribution is 0.121. The molecular weight excluding hydrogens is 158 g/mol. The monoisotopic (exact) mass is 167 g/mol. The van der Waals surface area contributed by atoms with E-state index in [1.165, 1.54) is 0 Å². The van der Waals surface area contributed by atoms with Crippen molar-refractivity contribution in [2.75, 3.05) is 12.5 Å². The maximum Gasteiger partial charge on any atom is 0.404 e. The first-order chi connectivity index (χ1) is 4.66. The van der Waals surface area contributed by atoms with Crippen molar-refractivity contribution in [1.82, 2.24) is 0 Å². The fourth-order valence-electron chi connectivity index (χ4n) is 0.373. The van der Waals surface area contributed by atoms with Gasteiger partial charge in [0.15, 0.2) is 0 Å². The lowest BCUT2D eigenvalue weighted by Gasteiger charge is -2.04. The number of aliphatic hydroxyl groups is 1. The van der Waals surface area contributed by atoms with E-state index in [9.17, 15) is 4.79 Å². The molecule has 0 aliphatic carbocycles. The minimum Gasteiger partial charge on any atom is -0.450 e. The molecule has 1 amide bonds. The number of rotatable bonds is 4. The van der Waals surface area contributed by atoms with Crippen molar-refractivity contribution in [1.29, 1.82) is 0 Å². The van der Waals surface area contributed by atoms with Crippen LogP contribution in [0.1, 0.15) is 6.42 Å². The highest BCUT2D eigenvalue weighted by Crippen LogP contribution is 1.94. The predicted molar refractivity (Wildman–Crippen MR) is 36.9 cm³/mol. The summed E-state index contributed by atoms with van der Waals surface area (Å²) in [5, 5.41) is 8.81. The number of alkyl halides is 1. The molecule has 4 nitrogen and oxygen atoms in total. The highest BCUT2D eigenvalue weighted by Gasteiger charge is 2.02. The van der Waals surface area contributed by atoms with Crippen molar-refractivity contribution in [3.05, 3.63) is 0 Å². The van der Waals surface area contributed by atoms with E-state index in [0.29, 0.717) is 6.42 Å². The quantitative estimate of drug-likeness (QED) is 0.582. The number of halogens is 1. The molecule has 0 fully saturated rings. The molecule has 0 bridgehead atoms. The van der Waals surface area contributed by atoms with Gasteiger partial charge < -0.3 is 15.6 Å². The molecule has 0 radical (unpaired) electrons. The number of ether oxygens (including phenoxy) is 1. The third-order valence-corrected chi connectivity index (χ3v) is 1.23. The van der Waals surface area contributed by atoms with Crippen molar-refractivity contribution in [2.24, 2.45) is 5.73 Å². The van der Waals surface area contributed by atoms with Crippen LogP contribution in [0.4, 0.5) is 4.79 Å². The van der Waals surface area contributed by atoms with Gasteiger partial charge in [-0.15, -0.1) is 11.6 Å². The zero-order valence-corrected chi connectivity index (χ0v) is 6.17. The van der Waals surface area contributed by atoms with Gasteiger partial charge in [0.05, 0.1) is 12.7 Å². The summed E-state index contributed by atoms with van der Waals surface area (Å²) in [4.78, 5) is 9.95. The van der Waals surface area contributed by atoms with Crippen LogP contribution in [0.25, 0.3) is 0 Å². The fourth-order valence-corrected chi connectivity index (χ4v) is 0.527. The van der Waals surface area contributed by atoms with Crippen molar-refractivity contribution in [3.63, 3.8) is 0 Å². The molecule has 1 atom stereocenters. The average Bonchev–Trinajstić information content (AvgIpc) is 1.87. The molecule has 60 valence electrons. The molecule has 0 rings (SSSR count). The highest BCUT2D eigenvalue weighted by atomic mass is 35.5. The van der Waals surface area contributed by atoms with Crippen LogP contribution >= 0.6 is 11.6 Å². The molecule has 0 heterocycles. The number of amides is 1. The Hall–Kier alpha value is -0.480. The number of aliphatic hydroxyl groups excluding tert-OH is 1. The second kappa shape index (κ2) is 5.32. The molecule has 5 heteroatoms. The largest absolute Gasteiger partial charge is 0.450 e. The minimum atomic E-state index is -0.832. The summed E-state index contributed by atoms with van der Waals surface area (Å²) in [6.07, 6.45) is -1.13. The molecule has 0 aromatic carbocycles. The Morgan fingerprint density at radius 2 is 2.40 bits per heavy atom. The molecular formula is C5H10ClNO3. The Morgan fingerprint density at radius 1 is 1.80 bits per heavy atom. The van der Waals surface area contributed by atoms with Gasteiger partial charge in [0, 0.05) is 12.3 Å². The smallest absolute Gasteiger partial charge is 0.404 e. The van der Waals surface area contributed by atoms with Crippen LogP contribution in [0.2, 0.25) is 0 Å². The summed E-state index contributed by atoms with van der Waals surface area (Å²) >= 11 is 5.25. The second-order valence-electron chi connectivity index (χ2n) is 1.76. The summed E-state index contributed by atoms with van der Waals surface area (Å²) in [6.45, 7) is 0.114. The molecule has 0 aromatic rings. The molecule has 0 saturated heterocycles. The van der Waals surface area contributed by atoms with Gasteiger partial charge in [-0.1, -0.05) is 0 Å². The van der Waals surface area contributed by atoms with Gasteiger partial charge in [-0.3, -0.25) is 0 Å². The van der Waals surface area contributed by atoms with Gasteiger partial charge in [0.1, 0.15) is 0 Å². The van der Waals surface area contributed by atoms with Crippen LogP contribution in [0.3, 0.4) is 0 Å². The zero-order valence-electron chi connectivity index (χ0n) is 5.42. The lowest BCUT2D eigenvalue weighted by atomic mass is 10.3. The maximum absolute atomic E-state index is 9.95. The summed E-state index contributed by atoms with van der Waals surface area (Å²) in [5.41, 5.74) is 4.64. The van der Waals surface area contributed by atoms with Gasteiger partial charge in [-0.2, -0.15) is 0 Å². The first-order valence-electron chi connectivity index (χ1n) is 2.83. The number of nitrogens with two attached hydrogens (primary N) is 1. The van der Waals surface area contributed by atoms with E-state index in [1.54, 1.807) is 0 Å². The number of hydrogen-bond acceptors (Lipinski definition) is 3. The van der Waals surface area contributed by atoms with Crippen LogP contribution in [-0.4, -0.2) is 29.8 Å². The molecule has 0 spiro atoms. The molecule has 0 saturated carbocycles. The van der Waals surface area contributed by atoms with E-state index >= 15 is 0 Å². The molecule has 10 heavy (non-hydrogen) atoms. The van der Waals surface area contributed by atoms with Gasteiger partial charge in [0.2, 0.25) is 0 Å². The zero-order chi connectivity index (χ0) is 7.98. The van der Waals surface area contributed by atoms with Crippen molar-refractivity contribution >= 4 is 17.7 Å². The minimum absolute atomic E-state index is 0.114. The van der Waals surface area contributed by atoms with Crippen LogP contribution < -0.4 is 5.73 Å². The lowest BCUT2D eigenvalue weighted by Crippen LogP contribution is -2.18. The van der Waals surface area contributed by atoms with Gasteiger partial charge >= 0.3 is 6.09 Å². The Morgan fingerprint density at radius 3 is 2.80 bits per heavy atom. The standard InChI is InChI=1S/C5H10ClNO3/c6-3-4(8)1-2-10-5(7)9/h4,8H,1-3H2,(H2,7,9). The topological polar surface area (TPSA) is 72.6 Å². The van der Waals surface area contributed by atoms with E-state index in [0.717, 1.165) is 0 Å². The fraction of sp³-hybridized carbons (Fsp3) is 0.800. The Balaban J connectivity index is 3.11. The summed E-state index contributed by atoms with van der Waals surface area (Å²) < 4.78 is 4.33. The van der Waals surface area contributed by atoms with Crippen LogP contribution in [0, 0.1) is 0 Å². The summed E-state index contributed by atoms with van der Waals surface area (Å²) in [7, 11) is 0. The van der Waals surface area contributed by atoms with Gasteiger partial charge in [-0.25, -0.2) is 4.79 Å². The molecule has 0 aliphatic rings. The van der Waals surface area contributed by atoms with Crippen molar-refractivity contribution < 1.29 is 14.6 Å². The predicted octanol–water partition coefficient (Wildman–Crippen LogP) is 0.0715. The highest BCUT2D eigenvalue weighted by molar-refractivity contribution is 6.18. The van der Waals surface area contributed by atoms with Crippen LogP contribution in [0.5, 0.6) is 0 Å². The normalized spacial score (nSPS) is 12.6. The average molecular weight is 168 g/mol. The Labute approximate surface area is 63.9 Å². The first-order valence-corrected chi connectivity index (χ1v) is 3.36. The third-order valence-electron chi connectivity index (χ3n) is 0.874. The Kier molecular flexibility index (Phi) is 5.06. The van der Waals surface area contributed by atoms with Crippen LogP contribution in [-0.2, 0) is 4.74 Å². The van der Waals surface area contributed by atoms with Crippen molar-refractivity contribution in [3.8, 4) is 0 Å². The van der Waals surface area contributed by atoms with E-state index in [1.807, 2.05) is 0 Å². The SMILES string of the molecule is NC(=O)OCCC(O)CCl. The summed E-state index contributed by atoms with van der Waals surface area (Å²) in [6, 6.07) is 0. The number of carbonyl (C=O) groups is 1. The van der Waals surface area contributed by atoms with E-state index in [-0.39, 0.29) is 12.5 Å². The number of primary amides is 1. The van der Waals surface area contributed by atoms with Crippen molar-refractivity contribution in [2.45, 2.75) is 12.5 Å².